The summed E-state index contributed by atoms with van der Waals surface area (Å²) in [5.41, 5.74) is 4.47. The summed E-state index contributed by atoms with van der Waals surface area (Å²) in [7, 11) is 1.65. The van der Waals surface area contributed by atoms with Gasteiger partial charge in [0.2, 0.25) is 5.95 Å². The van der Waals surface area contributed by atoms with Crippen LogP contribution in [-0.4, -0.2) is 40.5 Å². The number of aryl methyl sites for hydroxylation is 1. The van der Waals surface area contributed by atoms with Crippen LogP contribution in [0.4, 0.5) is 17.5 Å². The zero-order valence-electron chi connectivity index (χ0n) is 18.4. The monoisotopic (exact) mass is 429 g/mol. The van der Waals surface area contributed by atoms with Gasteiger partial charge in [-0.1, -0.05) is 24.3 Å². The van der Waals surface area contributed by atoms with Gasteiger partial charge >= 0.3 is 0 Å². The highest BCUT2D eigenvalue weighted by Gasteiger charge is 2.31. The Morgan fingerprint density at radius 2 is 1.94 bits per heavy atom. The molecule has 0 atom stereocenters. The number of carbonyl (C=O) groups is 1. The molecule has 1 fully saturated rings. The molecule has 0 bridgehead atoms. The average Bonchev–Trinajstić information content (AvgIpc) is 3.60. The second kappa shape index (κ2) is 8.49. The number of fused-ring (bicyclic) bond motifs is 1. The Hall–Kier alpha value is -3.61. The lowest BCUT2D eigenvalue weighted by Crippen LogP contribution is -2.38. The average molecular weight is 430 g/mol. The molecule has 3 aromatic rings. The number of benzene rings is 2. The lowest BCUT2D eigenvalue weighted by atomic mass is 10.0. The minimum absolute atomic E-state index is 0.0461. The molecule has 2 aromatic carbocycles. The molecular formula is C25H27N5O2. The number of carbonyl (C=O) groups excluding carboxylic acids is 1. The van der Waals surface area contributed by atoms with Crippen LogP contribution in [0.2, 0.25) is 0 Å². The number of methoxy groups -OCH3 is 1. The van der Waals surface area contributed by atoms with Crippen molar-refractivity contribution < 1.29 is 9.53 Å². The molecule has 0 radical (unpaired) electrons. The van der Waals surface area contributed by atoms with Gasteiger partial charge in [-0.2, -0.15) is 4.98 Å². The van der Waals surface area contributed by atoms with Gasteiger partial charge in [-0.05, 0) is 55.2 Å². The van der Waals surface area contributed by atoms with E-state index < -0.39 is 0 Å². The standard InChI is InChI=1S/C25H27N5O2/c1-16-4-3-5-19(14-16)26-23-22-21(28-25(29-23)27-18-8-9-18)12-13-30(24(22)31)15-17-6-10-20(32-2)11-7-17/h3-7,10-11,14,18H,8-9,12-13,15H2,1-2H3,(H2,26,27,28,29). The van der Waals surface area contributed by atoms with Crippen LogP contribution in [0.3, 0.4) is 0 Å². The fourth-order valence-corrected chi connectivity index (χ4v) is 3.94. The van der Waals surface area contributed by atoms with Gasteiger partial charge in [0.1, 0.15) is 17.1 Å². The number of ether oxygens (including phenoxy) is 1. The topological polar surface area (TPSA) is 79.4 Å². The summed E-state index contributed by atoms with van der Waals surface area (Å²) < 4.78 is 5.24. The summed E-state index contributed by atoms with van der Waals surface area (Å²) in [6.45, 7) is 3.21. The Morgan fingerprint density at radius 1 is 1.12 bits per heavy atom. The molecule has 1 amide bonds. The van der Waals surface area contributed by atoms with E-state index in [0.717, 1.165) is 41.1 Å². The Kier molecular flexibility index (Phi) is 5.39. The fraction of sp³-hybridized carbons (Fsp3) is 0.320. The van der Waals surface area contributed by atoms with E-state index in [1.165, 1.54) is 0 Å². The third-order valence-corrected chi connectivity index (χ3v) is 5.83. The van der Waals surface area contributed by atoms with Crippen molar-refractivity contribution in [3.63, 3.8) is 0 Å². The SMILES string of the molecule is COc1ccc(CN2CCc3nc(NC4CC4)nc(Nc4cccc(C)c4)c3C2=O)cc1. The van der Waals surface area contributed by atoms with Crippen molar-refractivity contribution in [3.8, 4) is 5.75 Å². The van der Waals surface area contributed by atoms with Crippen LogP contribution in [0.25, 0.3) is 0 Å². The first-order chi connectivity index (χ1) is 15.6. The maximum atomic E-state index is 13.5. The van der Waals surface area contributed by atoms with E-state index in [1.807, 2.05) is 60.4 Å². The van der Waals surface area contributed by atoms with Crippen molar-refractivity contribution in [2.45, 2.75) is 38.8 Å². The van der Waals surface area contributed by atoms with Crippen LogP contribution in [0.15, 0.2) is 48.5 Å². The number of hydrogen-bond acceptors (Lipinski definition) is 6. The highest BCUT2D eigenvalue weighted by molar-refractivity contribution is 6.01. The van der Waals surface area contributed by atoms with Crippen LogP contribution in [0, 0.1) is 6.92 Å². The van der Waals surface area contributed by atoms with E-state index in [4.69, 9.17) is 14.7 Å². The van der Waals surface area contributed by atoms with E-state index >= 15 is 0 Å². The zero-order valence-corrected chi connectivity index (χ0v) is 18.4. The summed E-state index contributed by atoms with van der Waals surface area (Å²) in [5.74, 6) is 1.92. The predicted octanol–water partition coefficient (Wildman–Crippen LogP) is 4.31. The van der Waals surface area contributed by atoms with Crippen LogP contribution >= 0.6 is 0 Å². The number of amides is 1. The lowest BCUT2D eigenvalue weighted by Gasteiger charge is -2.29. The van der Waals surface area contributed by atoms with Gasteiger partial charge in [-0.25, -0.2) is 4.98 Å². The third-order valence-electron chi connectivity index (χ3n) is 5.83. The predicted molar refractivity (Wildman–Crippen MR) is 125 cm³/mol. The second-order valence-corrected chi connectivity index (χ2v) is 8.46. The molecule has 5 rings (SSSR count). The second-order valence-electron chi connectivity index (χ2n) is 8.46. The first kappa shape index (κ1) is 20.3. The van der Waals surface area contributed by atoms with Crippen LogP contribution in [-0.2, 0) is 13.0 Å². The van der Waals surface area contributed by atoms with Crippen molar-refractivity contribution in [3.05, 3.63) is 70.9 Å². The first-order valence-corrected chi connectivity index (χ1v) is 11.0. The molecule has 0 spiro atoms. The highest BCUT2D eigenvalue weighted by Crippen LogP contribution is 2.31. The molecule has 7 heteroatoms. The summed E-state index contributed by atoms with van der Waals surface area (Å²) >= 11 is 0. The molecule has 164 valence electrons. The number of aromatic nitrogens is 2. The number of nitrogens with one attached hydrogen (secondary N) is 2. The molecule has 2 aliphatic rings. The van der Waals surface area contributed by atoms with Crippen LogP contribution < -0.4 is 15.4 Å². The van der Waals surface area contributed by atoms with E-state index in [1.54, 1.807) is 7.11 Å². The lowest BCUT2D eigenvalue weighted by molar-refractivity contribution is 0.0726. The van der Waals surface area contributed by atoms with Gasteiger partial charge in [0.15, 0.2) is 0 Å². The van der Waals surface area contributed by atoms with E-state index in [2.05, 4.69) is 10.6 Å². The van der Waals surface area contributed by atoms with Gasteiger partial charge in [0.25, 0.3) is 5.91 Å². The van der Waals surface area contributed by atoms with Crippen molar-refractivity contribution >= 4 is 23.4 Å². The normalized spacial score (nSPS) is 15.3. The molecule has 32 heavy (non-hydrogen) atoms. The Balaban J connectivity index is 1.45. The van der Waals surface area contributed by atoms with Gasteiger partial charge in [-0.15, -0.1) is 0 Å². The van der Waals surface area contributed by atoms with Gasteiger partial charge in [0.05, 0.1) is 12.8 Å². The summed E-state index contributed by atoms with van der Waals surface area (Å²) in [4.78, 5) is 24.8. The third kappa shape index (κ3) is 4.37. The zero-order chi connectivity index (χ0) is 22.1. The summed E-state index contributed by atoms with van der Waals surface area (Å²) in [6, 6.07) is 16.3. The molecule has 2 N–H and O–H groups in total. The number of nitrogens with zero attached hydrogens (tertiary/aromatic N) is 3. The Morgan fingerprint density at radius 3 is 2.66 bits per heavy atom. The quantitative estimate of drug-likeness (QED) is 0.583. The van der Waals surface area contributed by atoms with Gasteiger partial charge < -0.3 is 20.3 Å². The minimum atomic E-state index is -0.0461. The number of anilines is 3. The Labute approximate surface area is 187 Å². The van der Waals surface area contributed by atoms with Crippen LogP contribution in [0.5, 0.6) is 5.75 Å². The molecule has 0 saturated heterocycles. The van der Waals surface area contributed by atoms with Crippen LogP contribution in [0.1, 0.15) is 40.0 Å². The first-order valence-electron chi connectivity index (χ1n) is 11.0. The van der Waals surface area contributed by atoms with Crippen molar-refractivity contribution in [2.24, 2.45) is 0 Å². The number of hydrogen-bond donors (Lipinski definition) is 2. The van der Waals surface area contributed by atoms with E-state index in [-0.39, 0.29) is 5.91 Å². The van der Waals surface area contributed by atoms with Gasteiger partial charge in [-0.3, -0.25) is 4.79 Å². The molecule has 1 aromatic heterocycles. The van der Waals surface area contributed by atoms with Crippen molar-refractivity contribution in [2.75, 3.05) is 24.3 Å². The summed E-state index contributed by atoms with van der Waals surface area (Å²) in [6.07, 6.45) is 2.97. The smallest absolute Gasteiger partial charge is 0.259 e. The Bertz CT molecular complexity index is 1140. The maximum Gasteiger partial charge on any atom is 0.259 e. The fourth-order valence-electron chi connectivity index (χ4n) is 3.94. The van der Waals surface area contributed by atoms with E-state index in [9.17, 15) is 4.79 Å². The number of rotatable bonds is 7. The largest absolute Gasteiger partial charge is 0.497 e. The molecule has 2 heterocycles. The van der Waals surface area contributed by atoms with E-state index in [0.29, 0.717) is 42.9 Å². The summed E-state index contributed by atoms with van der Waals surface area (Å²) in [5, 5.41) is 6.76. The molecular weight excluding hydrogens is 402 g/mol. The maximum absolute atomic E-state index is 13.5. The molecule has 0 unspecified atom stereocenters. The molecule has 1 saturated carbocycles. The molecule has 1 aliphatic heterocycles. The van der Waals surface area contributed by atoms with Gasteiger partial charge in [0, 0.05) is 31.2 Å². The van der Waals surface area contributed by atoms with Crippen molar-refractivity contribution in [1.29, 1.82) is 0 Å². The minimum Gasteiger partial charge on any atom is -0.497 e. The molecule has 7 nitrogen and oxygen atoms in total. The van der Waals surface area contributed by atoms with Crippen molar-refractivity contribution in [1.82, 2.24) is 14.9 Å². The molecule has 1 aliphatic carbocycles. The highest BCUT2D eigenvalue weighted by atomic mass is 16.5.